The smallest absolute Gasteiger partial charge is 0.465 e. The van der Waals surface area contributed by atoms with E-state index in [0.717, 1.165) is 71.0 Å². The van der Waals surface area contributed by atoms with Crippen molar-refractivity contribution in [2.24, 2.45) is 5.92 Å². The van der Waals surface area contributed by atoms with Gasteiger partial charge in [-0.1, -0.05) is 123 Å². The summed E-state index contributed by atoms with van der Waals surface area (Å²) < 4.78 is 40.0. The molecule has 2 rings (SSSR count). The first-order chi connectivity index (χ1) is 32.3. The van der Waals surface area contributed by atoms with Crippen LogP contribution in [0.1, 0.15) is 211 Å². The Balaban J connectivity index is 1.91. The van der Waals surface area contributed by atoms with Crippen molar-refractivity contribution in [1.82, 2.24) is 4.90 Å². The molecule has 0 N–H and O–H groups in total. The molecule has 1 saturated heterocycles. The molecule has 0 saturated carbocycles. The molecular weight excluding hydrogens is 839 g/mol. The average molecular weight is 930 g/mol. The van der Waals surface area contributed by atoms with Gasteiger partial charge in [0.15, 0.2) is 6.29 Å². The summed E-state index contributed by atoms with van der Waals surface area (Å²) in [6.45, 7) is 13.5. The normalized spacial score (nSPS) is 14.2. The summed E-state index contributed by atoms with van der Waals surface area (Å²) in [6, 6.07) is 5.46. The lowest BCUT2D eigenvalue weighted by molar-refractivity contribution is -0.160. The van der Waals surface area contributed by atoms with Crippen LogP contribution in [-0.2, 0) is 67.4 Å². The van der Waals surface area contributed by atoms with Crippen molar-refractivity contribution in [1.29, 1.82) is 0 Å². The van der Waals surface area contributed by atoms with Crippen LogP contribution in [0, 0.1) is 5.92 Å². The fraction of sp³-hybridized carbons (Fsp3) is 0.778. The molecule has 1 atom stereocenters. The van der Waals surface area contributed by atoms with Crippen LogP contribution >= 0.6 is 0 Å². The molecule has 1 aliphatic rings. The Kier molecular flexibility index (Phi) is 36.1. The third kappa shape index (κ3) is 32.3. The molecule has 0 aromatic heterocycles. The molecule has 0 aliphatic carbocycles. The van der Waals surface area contributed by atoms with Crippen LogP contribution in [-0.4, -0.2) is 81.3 Å². The number of carbonyl (C=O) groups is 4. The zero-order valence-electron chi connectivity index (χ0n) is 41.9. The van der Waals surface area contributed by atoms with Crippen LogP contribution in [0.2, 0.25) is 0 Å². The van der Waals surface area contributed by atoms with Crippen LogP contribution in [0.5, 0.6) is 0 Å². The van der Waals surface area contributed by atoms with Gasteiger partial charge in [-0.15, -0.1) is 0 Å². The molecule has 1 aromatic rings. The van der Waals surface area contributed by atoms with E-state index in [9.17, 15) is 19.2 Å². The minimum atomic E-state index is -0.737. The number of ether oxygens (including phenoxy) is 7. The maximum Gasteiger partial charge on any atom is 0.508 e. The summed E-state index contributed by atoms with van der Waals surface area (Å²) in [7, 11) is 0. The second kappa shape index (κ2) is 40.6. The van der Waals surface area contributed by atoms with Crippen LogP contribution in [0.25, 0.3) is 0 Å². The van der Waals surface area contributed by atoms with Gasteiger partial charge in [0.2, 0.25) is 0 Å². The van der Waals surface area contributed by atoms with E-state index in [1.165, 1.54) is 70.6 Å². The molecule has 12 nitrogen and oxygen atoms in total. The van der Waals surface area contributed by atoms with Gasteiger partial charge in [0.25, 0.3) is 0 Å². The first kappa shape index (κ1) is 58.6. The third-order valence-corrected chi connectivity index (χ3v) is 11.9. The number of piperidine rings is 1. The molecule has 378 valence electrons. The van der Waals surface area contributed by atoms with Crippen molar-refractivity contribution in [2.45, 2.75) is 221 Å². The number of hydrogen-bond acceptors (Lipinski definition) is 12. The fourth-order valence-electron chi connectivity index (χ4n) is 7.93. The van der Waals surface area contributed by atoms with E-state index in [0.29, 0.717) is 75.2 Å². The van der Waals surface area contributed by atoms with Gasteiger partial charge in [0.1, 0.15) is 19.8 Å². The van der Waals surface area contributed by atoms with Crippen molar-refractivity contribution in [3.8, 4) is 0 Å². The number of likely N-dealkylation sites (tertiary alicyclic amines) is 1. The van der Waals surface area contributed by atoms with Crippen LogP contribution < -0.4 is 0 Å². The monoisotopic (exact) mass is 930 g/mol. The fourth-order valence-corrected chi connectivity index (χ4v) is 7.93. The minimum absolute atomic E-state index is 0.000611. The second-order valence-corrected chi connectivity index (χ2v) is 18.0. The molecule has 0 spiro atoms. The summed E-state index contributed by atoms with van der Waals surface area (Å²) in [4.78, 5) is 53.0. The van der Waals surface area contributed by atoms with Crippen LogP contribution in [0.4, 0.5) is 4.79 Å². The maximum absolute atomic E-state index is 13.1. The van der Waals surface area contributed by atoms with Crippen LogP contribution in [0.3, 0.4) is 0 Å². The Labute approximate surface area is 399 Å². The molecule has 1 unspecified atom stereocenters. The predicted octanol–water partition coefficient (Wildman–Crippen LogP) is 13.0. The number of rotatable bonds is 41. The zero-order valence-corrected chi connectivity index (χ0v) is 41.9. The molecule has 1 heterocycles. The van der Waals surface area contributed by atoms with Gasteiger partial charge >= 0.3 is 24.1 Å². The van der Waals surface area contributed by atoms with Crippen molar-refractivity contribution < 1.29 is 52.3 Å². The standard InChI is InChI=1S/C54H91NO11/c1-5-9-12-15-18-21-25-35-60-50(56)30-23-22-24-31-51(57)63-43-47-38-48(40-49(39-47)45-66-54(59)65-42-46-29-28-34-55(8-4)41-46)44-64-52(58)32-33-53(61-36-26-19-16-13-10-6-2)62-37-27-20-17-14-11-7-3/h18,21,38-40,46,53H,5-17,19-20,22-37,41-45H2,1-4H3. The second-order valence-electron chi connectivity index (χ2n) is 18.0. The van der Waals surface area contributed by atoms with E-state index >= 15 is 0 Å². The Bertz CT molecular complexity index is 1420. The number of allylic oxidation sites excluding steroid dienone is 1. The number of benzene rings is 1. The Hall–Kier alpha value is -3.48. The van der Waals surface area contributed by atoms with E-state index in [1.807, 2.05) is 18.2 Å². The number of nitrogens with zero attached hydrogens (tertiary/aromatic N) is 1. The topological polar surface area (TPSA) is 136 Å². The molecule has 0 bridgehead atoms. The molecule has 0 amide bonds. The number of esters is 3. The summed E-state index contributed by atoms with van der Waals surface area (Å²) in [5.41, 5.74) is 2.01. The van der Waals surface area contributed by atoms with Crippen molar-refractivity contribution >= 4 is 24.1 Å². The first-order valence-corrected chi connectivity index (χ1v) is 26.2. The molecule has 12 heteroatoms. The van der Waals surface area contributed by atoms with Gasteiger partial charge in [-0.25, -0.2) is 4.79 Å². The summed E-state index contributed by atoms with van der Waals surface area (Å²) in [6.07, 6.45) is 27.6. The first-order valence-electron chi connectivity index (χ1n) is 26.2. The minimum Gasteiger partial charge on any atom is -0.465 e. The average Bonchev–Trinajstić information content (AvgIpc) is 3.32. The highest BCUT2D eigenvalue weighted by atomic mass is 16.7. The zero-order chi connectivity index (χ0) is 47.7. The lowest BCUT2D eigenvalue weighted by Crippen LogP contribution is -2.37. The maximum atomic E-state index is 13.1. The van der Waals surface area contributed by atoms with Gasteiger partial charge in [-0.2, -0.15) is 0 Å². The molecule has 1 aromatic carbocycles. The largest absolute Gasteiger partial charge is 0.508 e. The van der Waals surface area contributed by atoms with Gasteiger partial charge < -0.3 is 38.1 Å². The van der Waals surface area contributed by atoms with E-state index in [2.05, 4.69) is 44.7 Å². The summed E-state index contributed by atoms with van der Waals surface area (Å²) in [5, 5.41) is 0. The van der Waals surface area contributed by atoms with Gasteiger partial charge in [-0.3, -0.25) is 14.4 Å². The summed E-state index contributed by atoms with van der Waals surface area (Å²) in [5.74, 6) is -0.656. The molecule has 1 fully saturated rings. The predicted molar refractivity (Wildman–Crippen MR) is 261 cm³/mol. The van der Waals surface area contributed by atoms with E-state index < -0.39 is 12.4 Å². The van der Waals surface area contributed by atoms with Gasteiger partial charge in [0.05, 0.1) is 19.6 Å². The van der Waals surface area contributed by atoms with Gasteiger partial charge in [-0.05, 0) is 106 Å². The van der Waals surface area contributed by atoms with E-state index in [4.69, 9.17) is 33.2 Å². The summed E-state index contributed by atoms with van der Waals surface area (Å²) >= 11 is 0. The van der Waals surface area contributed by atoms with Gasteiger partial charge in [0, 0.05) is 44.9 Å². The Morgan fingerprint density at radius 1 is 0.561 bits per heavy atom. The number of carbonyl (C=O) groups excluding carboxylic acids is 4. The molecule has 66 heavy (non-hydrogen) atoms. The highest BCUT2D eigenvalue weighted by Gasteiger charge is 2.21. The SMILES string of the molecule is CCCCCC=CCCOC(=O)CCCCCC(=O)OCc1cc(COC(=O)CCC(OCCCCCCCC)OCCCCCCCC)cc(COC(=O)OCC2CCCN(CC)C2)c1. The van der Waals surface area contributed by atoms with Crippen molar-refractivity contribution in [3.05, 3.63) is 47.0 Å². The highest BCUT2D eigenvalue weighted by molar-refractivity contribution is 5.70. The van der Waals surface area contributed by atoms with Crippen LogP contribution in [0.15, 0.2) is 30.4 Å². The third-order valence-electron chi connectivity index (χ3n) is 11.9. The number of unbranched alkanes of at least 4 members (excludes halogenated alkanes) is 15. The molecular formula is C54H91NO11. The molecule has 0 radical (unpaired) electrons. The molecule has 1 aliphatic heterocycles. The Morgan fingerprint density at radius 2 is 1.06 bits per heavy atom. The quantitative estimate of drug-likeness (QED) is 0.0203. The number of hydrogen-bond donors (Lipinski definition) is 0. The van der Waals surface area contributed by atoms with Crippen molar-refractivity contribution in [2.75, 3.05) is 46.1 Å². The Morgan fingerprint density at radius 3 is 1.65 bits per heavy atom. The van der Waals surface area contributed by atoms with Crippen molar-refractivity contribution in [3.63, 3.8) is 0 Å². The highest BCUT2D eigenvalue weighted by Crippen LogP contribution is 2.19. The van der Waals surface area contributed by atoms with E-state index in [-0.39, 0.29) is 56.5 Å². The van der Waals surface area contributed by atoms with E-state index in [1.54, 1.807) is 0 Å². The lowest BCUT2D eigenvalue weighted by atomic mass is 9.99. The lowest BCUT2D eigenvalue weighted by Gasteiger charge is -2.31.